The van der Waals surface area contributed by atoms with Crippen LogP contribution in [0.5, 0.6) is 5.75 Å². The molecule has 3 rings (SSSR count). The standard InChI is InChI=1S/C25H29ClN2O4/c1-4-15-32-20-8-5-7-18(16-20)22-21(23(29)17-9-11-19(26)12-10-17)24(30)25(31)28(22)14-6-13-27(2)3/h5,7-12,16,22,29H,4,6,13-15H2,1-3H3/b23-21+/t22-/m0/s1. The Kier molecular flexibility index (Phi) is 7.94. The van der Waals surface area contributed by atoms with Crippen molar-refractivity contribution in [2.45, 2.75) is 25.8 Å². The molecule has 0 bridgehead atoms. The van der Waals surface area contributed by atoms with Crippen LogP contribution in [-0.4, -0.2) is 60.4 Å². The Hall–Kier alpha value is -2.83. The lowest BCUT2D eigenvalue weighted by atomic mass is 9.95. The zero-order chi connectivity index (χ0) is 23.3. The Balaban J connectivity index is 2.07. The molecule has 0 spiro atoms. The number of ether oxygens (including phenoxy) is 1. The summed E-state index contributed by atoms with van der Waals surface area (Å²) in [5.74, 6) is -0.842. The molecule has 1 N–H and O–H groups in total. The quantitative estimate of drug-likeness (QED) is 0.341. The highest BCUT2D eigenvalue weighted by atomic mass is 35.5. The number of carbonyl (C=O) groups is 2. The normalized spacial score (nSPS) is 17.9. The lowest BCUT2D eigenvalue weighted by Gasteiger charge is -2.26. The van der Waals surface area contributed by atoms with E-state index in [2.05, 4.69) is 0 Å². The van der Waals surface area contributed by atoms with Crippen LogP contribution in [0.1, 0.15) is 36.9 Å². The van der Waals surface area contributed by atoms with Crippen LogP contribution in [-0.2, 0) is 9.59 Å². The molecule has 0 aliphatic carbocycles. The first-order valence-corrected chi connectivity index (χ1v) is 11.1. The number of hydrogen-bond donors (Lipinski definition) is 1. The van der Waals surface area contributed by atoms with Gasteiger partial charge in [-0.15, -0.1) is 0 Å². The third-order valence-corrected chi connectivity index (χ3v) is 5.56. The molecule has 0 unspecified atom stereocenters. The summed E-state index contributed by atoms with van der Waals surface area (Å²) in [4.78, 5) is 29.6. The monoisotopic (exact) mass is 456 g/mol. The van der Waals surface area contributed by atoms with Crippen molar-refractivity contribution >= 4 is 29.1 Å². The predicted octanol–water partition coefficient (Wildman–Crippen LogP) is 4.50. The van der Waals surface area contributed by atoms with E-state index in [9.17, 15) is 14.7 Å². The van der Waals surface area contributed by atoms with Gasteiger partial charge in [0, 0.05) is 17.1 Å². The Morgan fingerprint density at radius 2 is 1.88 bits per heavy atom. The number of hydrogen-bond acceptors (Lipinski definition) is 5. The summed E-state index contributed by atoms with van der Waals surface area (Å²) in [5, 5.41) is 11.6. The van der Waals surface area contributed by atoms with Crippen LogP contribution in [0.3, 0.4) is 0 Å². The second-order valence-electron chi connectivity index (χ2n) is 8.08. The van der Waals surface area contributed by atoms with Crippen LogP contribution in [0.15, 0.2) is 54.1 Å². The number of nitrogens with zero attached hydrogens (tertiary/aromatic N) is 2. The van der Waals surface area contributed by atoms with Gasteiger partial charge >= 0.3 is 0 Å². The first-order chi connectivity index (χ1) is 15.3. The molecule has 1 aliphatic rings. The summed E-state index contributed by atoms with van der Waals surface area (Å²) in [6.07, 6.45) is 1.56. The van der Waals surface area contributed by atoms with Gasteiger partial charge in [-0.3, -0.25) is 9.59 Å². The average molecular weight is 457 g/mol. The predicted molar refractivity (Wildman–Crippen MR) is 126 cm³/mol. The number of Topliss-reactive ketones (excluding diaryl/α,β-unsaturated/α-hetero) is 1. The summed E-state index contributed by atoms with van der Waals surface area (Å²) in [6.45, 7) is 3.75. The zero-order valence-corrected chi connectivity index (χ0v) is 19.4. The highest BCUT2D eigenvalue weighted by molar-refractivity contribution is 6.46. The van der Waals surface area contributed by atoms with Crippen LogP contribution in [0.25, 0.3) is 5.76 Å². The number of aliphatic hydroxyl groups is 1. The van der Waals surface area contributed by atoms with Crippen LogP contribution < -0.4 is 4.74 Å². The van der Waals surface area contributed by atoms with Gasteiger partial charge in [0.1, 0.15) is 11.5 Å². The van der Waals surface area contributed by atoms with E-state index in [1.807, 2.05) is 50.2 Å². The third-order valence-electron chi connectivity index (χ3n) is 5.31. The van der Waals surface area contributed by atoms with Gasteiger partial charge in [0.25, 0.3) is 11.7 Å². The number of carbonyl (C=O) groups excluding carboxylic acids is 2. The minimum atomic E-state index is -0.696. The molecule has 1 atom stereocenters. The number of likely N-dealkylation sites (tertiary alicyclic amines) is 1. The van der Waals surface area contributed by atoms with E-state index in [4.69, 9.17) is 16.3 Å². The number of rotatable bonds is 9. The SMILES string of the molecule is CCCOc1cccc([C@H]2/C(=C(\O)c3ccc(Cl)cc3)C(=O)C(=O)N2CCCN(C)C)c1. The fraction of sp³-hybridized carbons (Fsp3) is 0.360. The third kappa shape index (κ3) is 5.31. The Morgan fingerprint density at radius 1 is 1.16 bits per heavy atom. The topological polar surface area (TPSA) is 70.1 Å². The first kappa shape index (κ1) is 23.8. The van der Waals surface area contributed by atoms with Crippen molar-refractivity contribution in [3.63, 3.8) is 0 Å². The van der Waals surface area contributed by atoms with Gasteiger partial charge in [-0.2, -0.15) is 0 Å². The maximum absolute atomic E-state index is 13.1. The van der Waals surface area contributed by atoms with Crippen LogP contribution in [0, 0.1) is 0 Å². The van der Waals surface area contributed by atoms with Crippen LogP contribution >= 0.6 is 11.6 Å². The molecule has 7 heteroatoms. The molecule has 0 radical (unpaired) electrons. The van der Waals surface area contributed by atoms with Crippen molar-refractivity contribution in [1.29, 1.82) is 0 Å². The van der Waals surface area contributed by atoms with E-state index in [0.717, 1.165) is 18.5 Å². The molecule has 170 valence electrons. The maximum atomic E-state index is 13.1. The minimum Gasteiger partial charge on any atom is -0.507 e. The highest BCUT2D eigenvalue weighted by Crippen LogP contribution is 2.40. The number of benzene rings is 2. The van der Waals surface area contributed by atoms with E-state index in [1.54, 1.807) is 29.2 Å². The van der Waals surface area contributed by atoms with E-state index < -0.39 is 17.7 Å². The maximum Gasteiger partial charge on any atom is 0.295 e. The largest absolute Gasteiger partial charge is 0.507 e. The highest BCUT2D eigenvalue weighted by Gasteiger charge is 2.45. The number of halogens is 1. The zero-order valence-electron chi connectivity index (χ0n) is 18.7. The molecule has 1 fully saturated rings. The van der Waals surface area contributed by atoms with Crippen LogP contribution in [0.4, 0.5) is 0 Å². The average Bonchev–Trinajstić information content (AvgIpc) is 3.02. The summed E-state index contributed by atoms with van der Waals surface area (Å²) >= 11 is 5.97. The van der Waals surface area contributed by atoms with Crippen molar-refractivity contribution < 1.29 is 19.4 Å². The second kappa shape index (κ2) is 10.7. The summed E-state index contributed by atoms with van der Waals surface area (Å²) in [5.41, 5.74) is 1.23. The van der Waals surface area contributed by atoms with E-state index in [1.165, 1.54) is 0 Å². The van der Waals surface area contributed by atoms with Gasteiger partial charge in [0.05, 0.1) is 18.2 Å². The van der Waals surface area contributed by atoms with Crippen molar-refractivity contribution in [2.75, 3.05) is 33.8 Å². The molecule has 1 saturated heterocycles. The van der Waals surface area contributed by atoms with Gasteiger partial charge in [0.2, 0.25) is 0 Å². The smallest absolute Gasteiger partial charge is 0.295 e. The van der Waals surface area contributed by atoms with Gasteiger partial charge < -0.3 is 19.6 Å². The Bertz CT molecular complexity index is 1000. The molecular weight excluding hydrogens is 428 g/mol. The molecule has 6 nitrogen and oxygen atoms in total. The minimum absolute atomic E-state index is 0.0785. The first-order valence-electron chi connectivity index (χ1n) is 10.7. The second-order valence-corrected chi connectivity index (χ2v) is 8.51. The lowest BCUT2D eigenvalue weighted by Crippen LogP contribution is -2.32. The van der Waals surface area contributed by atoms with Gasteiger partial charge in [-0.05, 0) is 75.4 Å². The lowest BCUT2D eigenvalue weighted by molar-refractivity contribution is -0.139. The van der Waals surface area contributed by atoms with Crippen molar-refractivity contribution in [3.8, 4) is 5.75 Å². The van der Waals surface area contributed by atoms with Gasteiger partial charge in [0.15, 0.2) is 0 Å². The van der Waals surface area contributed by atoms with E-state index in [-0.39, 0.29) is 11.3 Å². The fourth-order valence-corrected chi connectivity index (χ4v) is 3.90. The Labute approximate surface area is 194 Å². The van der Waals surface area contributed by atoms with E-state index in [0.29, 0.717) is 35.9 Å². The van der Waals surface area contributed by atoms with Gasteiger partial charge in [-0.1, -0.05) is 30.7 Å². The molecule has 0 aromatic heterocycles. The van der Waals surface area contributed by atoms with Crippen LogP contribution in [0.2, 0.25) is 5.02 Å². The van der Waals surface area contributed by atoms with Crippen molar-refractivity contribution in [2.24, 2.45) is 0 Å². The number of ketones is 1. The van der Waals surface area contributed by atoms with Crippen molar-refractivity contribution in [3.05, 3.63) is 70.3 Å². The number of amides is 1. The van der Waals surface area contributed by atoms with Crippen molar-refractivity contribution in [1.82, 2.24) is 9.80 Å². The summed E-state index contributed by atoms with van der Waals surface area (Å²) in [6, 6.07) is 13.2. The Morgan fingerprint density at radius 3 is 2.53 bits per heavy atom. The molecule has 2 aromatic carbocycles. The fourth-order valence-electron chi connectivity index (χ4n) is 3.77. The molecule has 2 aromatic rings. The molecule has 32 heavy (non-hydrogen) atoms. The molecule has 1 heterocycles. The van der Waals surface area contributed by atoms with Gasteiger partial charge in [-0.25, -0.2) is 0 Å². The molecule has 0 saturated carbocycles. The molecule has 1 aliphatic heterocycles. The molecular formula is C25H29ClN2O4. The van der Waals surface area contributed by atoms with E-state index >= 15 is 0 Å². The number of aliphatic hydroxyl groups excluding tert-OH is 1. The summed E-state index contributed by atoms with van der Waals surface area (Å²) < 4.78 is 5.76. The summed E-state index contributed by atoms with van der Waals surface area (Å²) in [7, 11) is 3.92. The molecule has 1 amide bonds.